The van der Waals surface area contributed by atoms with Gasteiger partial charge in [0, 0.05) is 0 Å². The molecular weight excluding hydrogens is 272 g/mol. The Bertz CT molecular complexity index is 466. The second-order valence-electron chi connectivity index (χ2n) is 9.42. The highest BCUT2D eigenvalue weighted by molar-refractivity contribution is 5.13. The maximum atomic E-state index is 11.3. The maximum Gasteiger partial charge on any atom is 0.0686 e. The molecule has 2 heteroatoms. The molecule has 3 saturated carbocycles. The number of aliphatic hydroxyl groups excluding tert-OH is 1. The van der Waals surface area contributed by atoms with Gasteiger partial charge in [-0.15, -0.1) is 0 Å². The van der Waals surface area contributed by atoms with Crippen LogP contribution in [0.15, 0.2) is 11.6 Å². The molecule has 6 atom stereocenters. The SMILES string of the molecule is CC(C)=CCC[C@]1(C)C[C@@H]2[C@H]1CC[C@]1(C)C[C@]2(O)CC[C@H]1O. The van der Waals surface area contributed by atoms with E-state index in [2.05, 4.69) is 33.8 Å². The first kappa shape index (κ1) is 16.5. The van der Waals surface area contributed by atoms with E-state index in [-0.39, 0.29) is 11.5 Å². The fourth-order valence-corrected chi connectivity index (χ4v) is 5.91. The predicted octanol–water partition coefficient (Wildman–Crippen LogP) is 4.45. The second-order valence-corrected chi connectivity index (χ2v) is 9.42. The third kappa shape index (κ3) is 2.57. The minimum absolute atomic E-state index is 0.0643. The number of hydrogen-bond acceptors (Lipinski definition) is 2. The van der Waals surface area contributed by atoms with Gasteiger partial charge in [0.05, 0.1) is 11.7 Å². The molecule has 3 rings (SSSR count). The molecule has 0 aromatic rings. The molecule has 3 aliphatic carbocycles. The summed E-state index contributed by atoms with van der Waals surface area (Å²) in [6.45, 7) is 8.98. The van der Waals surface area contributed by atoms with Crippen molar-refractivity contribution < 1.29 is 10.2 Å². The highest BCUT2D eigenvalue weighted by Crippen LogP contribution is 2.66. The molecule has 0 aromatic heterocycles. The van der Waals surface area contributed by atoms with Crippen LogP contribution in [0.1, 0.15) is 79.1 Å². The summed E-state index contributed by atoms with van der Waals surface area (Å²) in [6.07, 6.45) is 10.4. The van der Waals surface area contributed by atoms with Crippen LogP contribution in [0, 0.1) is 22.7 Å². The van der Waals surface area contributed by atoms with E-state index in [0.29, 0.717) is 17.3 Å². The summed E-state index contributed by atoms with van der Waals surface area (Å²) in [5.74, 6) is 1.12. The lowest BCUT2D eigenvalue weighted by Crippen LogP contribution is -2.58. The topological polar surface area (TPSA) is 40.5 Å². The van der Waals surface area contributed by atoms with E-state index < -0.39 is 5.60 Å². The minimum Gasteiger partial charge on any atom is -0.393 e. The van der Waals surface area contributed by atoms with E-state index in [1.54, 1.807) is 0 Å². The zero-order valence-corrected chi connectivity index (χ0v) is 14.9. The summed E-state index contributed by atoms with van der Waals surface area (Å²) in [6, 6.07) is 0. The van der Waals surface area contributed by atoms with Crippen LogP contribution in [0.5, 0.6) is 0 Å². The van der Waals surface area contributed by atoms with Crippen LogP contribution in [0.25, 0.3) is 0 Å². The lowest BCUT2D eigenvalue weighted by Gasteiger charge is -2.59. The first-order valence-electron chi connectivity index (χ1n) is 9.22. The molecule has 0 unspecified atom stereocenters. The van der Waals surface area contributed by atoms with E-state index in [0.717, 1.165) is 25.7 Å². The van der Waals surface area contributed by atoms with Crippen molar-refractivity contribution in [1.82, 2.24) is 0 Å². The molecule has 2 bridgehead atoms. The summed E-state index contributed by atoms with van der Waals surface area (Å²) >= 11 is 0. The maximum absolute atomic E-state index is 11.3. The Morgan fingerprint density at radius 3 is 2.55 bits per heavy atom. The molecule has 126 valence electrons. The van der Waals surface area contributed by atoms with Gasteiger partial charge < -0.3 is 10.2 Å². The lowest BCUT2D eigenvalue weighted by molar-refractivity contribution is -0.182. The third-order valence-corrected chi connectivity index (χ3v) is 7.42. The molecule has 0 spiro atoms. The monoisotopic (exact) mass is 306 g/mol. The largest absolute Gasteiger partial charge is 0.393 e. The van der Waals surface area contributed by atoms with Gasteiger partial charge in [-0.3, -0.25) is 0 Å². The van der Waals surface area contributed by atoms with Crippen molar-refractivity contribution in [1.29, 1.82) is 0 Å². The summed E-state index contributed by atoms with van der Waals surface area (Å²) < 4.78 is 0. The molecule has 2 nitrogen and oxygen atoms in total. The van der Waals surface area contributed by atoms with Gasteiger partial charge in [0.15, 0.2) is 0 Å². The summed E-state index contributed by atoms with van der Waals surface area (Å²) in [7, 11) is 0. The molecule has 2 N–H and O–H groups in total. The predicted molar refractivity (Wildman–Crippen MR) is 90.5 cm³/mol. The molecule has 3 fully saturated rings. The van der Waals surface area contributed by atoms with Crippen molar-refractivity contribution in [2.75, 3.05) is 0 Å². The Kier molecular flexibility index (Phi) is 4.01. The van der Waals surface area contributed by atoms with Gasteiger partial charge in [-0.05, 0) is 87.9 Å². The van der Waals surface area contributed by atoms with Crippen LogP contribution in [-0.4, -0.2) is 21.9 Å². The number of fused-ring (bicyclic) bond motifs is 4. The van der Waals surface area contributed by atoms with Gasteiger partial charge in [0.1, 0.15) is 0 Å². The van der Waals surface area contributed by atoms with Crippen molar-refractivity contribution in [2.24, 2.45) is 22.7 Å². The highest BCUT2D eigenvalue weighted by Gasteiger charge is 2.62. The van der Waals surface area contributed by atoms with E-state index >= 15 is 0 Å². The normalized spacial score (nSPS) is 50.5. The van der Waals surface area contributed by atoms with Crippen LogP contribution in [0.2, 0.25) is 0 Å². The summed E-state index contributed by atoms with van der Waals surface area (Å²) in [5, 5.41) is 21.7. The molecule has 22 heavy (non-hydrogen) atoms. The molecular formula is C20H34O2. The average Bonchev–Trinajstić information content (AvgIpc) is 2.48. The van der Waals surface area contributed by atoms with E-state index in [1.807, 2.05) is 0 Å². The molecule has 0 heterocycles. The quantitative estimate of drug-likeness (QED) is 0.756. The number of rotatable bonds is 3. The van der Waals surface area contributed by atoms with Gasteiger partial charge in [0.2, 0.25) is 0 Å². The third-order valence-electron chi connectivity index (χ3n) is 7.42. The summed E-state index contributed by atoms with van der Waals surface area (Å²) in [4.78, 5) is 0. The summed E-state index contributed by atoms with van der Waals surface area (Å²) in [5.41, 5.74) is 1.23. The average molecular weight is 306 g/mol. The Labute approximate surface area is 136 Å². The highest BCUT2D eigenvalue weighted by atomic mass is 16.3. The molecule has 0 saturated heterocycles. The Balaban J connectivity index is 1.76. The van der Waals surface area contributed by atoms with Gasteiger partial charge >= 0.3 is 0 Å². The Morgan fingerprint density at radius 2 is 1.86 bits per heavy atom. The van der Waals surface area contributed by atoms with Gasteiger partial charge in [-0.2, -0.15) is 0 Å². The van der Waals surface area contributed by atoms with Crippen LogP contribution in [-0.2, 0) is 0 Å². The van der Waals surface area contributed by atoms with E-state index in [9.17, 15) is 10.2 Å². The van der Waals surface area contributed by atoms with Crippen molar-refractivity contribution >= 4 is 0 Å². The smallest absolute Gasteiger partial charge is 0.0686 e. The van der Waals surface area contributed by atoms with Crippen LogP contribution in [0.4, 0.5) is 0 Å². The van der Waals surface area contributed by atoms with Crippen molar-refractivity contribution in [3.05, 3.63) is 11.6 Å². The van der Waals surface area contributed by atoms with Crippen molar-refractivity contribution in [2.45, 2.75) is 90.8 Å². The zero-order chi connectivity index (χ0) is 16.2. The molecule has 0 radical (unpaired) electrons. The molecule has 0 aliphatic heterocycles. The molecule has 0 amide bonds. The number of aliphatic hydroxyl groups is 2. The standard InChI is InChI=1S/C20H34O2/c1-14(2)6-5-9-18(3)12-16-15(18)7-10-19(4)13-20(16,22)11-8-17(19)21/h6,15-17,21-22H,5,7-13H2,1-4H3/t15-,16-,17-,18-,19-,20-/m1/s1. The van der Waals surface area contributed by atoms with Gasteiger partial charge in [-0.1, -0.05) is 25.5 Å². The first-order chi connectivity index (χ1) is 10.2. The van der Waals surface area contributed by atoms with E-state index in [1.165, 1.54) is 31.3 Å². The number of hydrogen-bond donors (Lipinski definition) is 2. The molecule has 3 aliphatic rings. The van der Waals surface area contributed by atoms with Crippen LogP contribution >= 0.6 is 0 Å². The lowest BCUT2D eigenvalue weighted by atomic mass is 9.47. The van der Waals surface area contributed by atoms with E-state index in [4.69, 9.17) is 0 Å². The Hall–Kier alpha value is -0.340. The number of allylic oxidation sites excluding steroid dienone is 2. The van der Waals surface area contributed by atoms with Crippen molar-refractivity contribution in [3.63, 3.8) is 0 Å². The minimum atomic E-state index is -0.509. The zero-order valence-electron chi connectivity index (χ0n) is 14.9. The van der Waals surface area contributed by atoms with Crippen molar-refractivity contribution in [3.8, 4) is 0 Å². The van der Waals surface area contributed by atoms with Crippen LogP contribution < -0.4 is 0 Å². The van der Waals surface area contributed by atoms with Gasteiger partial charge in [0.25, 0.3) is 0 Å². The fourth-order valence-electron chi connectivity index (χ4n) is 5.91. The van der Waals surface area contributed by atoms with Crippen LogP contribution in [0.3, 0.4) is 0 Å². The Morgan fingerprint density at radius 1 is 1.14 bits per heavy atom. The fraction of sp³-hybridized carbons (Fsp3) is 0.900. The van der Waals surface area contributed by atoms with Gasteiger partial charge in [-0.25, -0.2) is 0 Å². The second kappa shape index (κ2) is 5.34. The first-order valence-corrected chi connectivity index (χ1v) is 9.22. The molecule has 0 aromatic carbocycles.